The van der Waals surface area contributed by atoms with E-state index in [0.717, 1.165) is 0 Å². The van der Waals surface area contributed by atoms with Crippen LogP contribution in [0.2, 0.25) is 0 Å². The molecule has 2 atom stereocenters. The van der Waals surface area contributed by atoms with Crippen molar-refractivity contribution in [3.05, 3.63) is 23.0 Å². The Morgan fingerprint density at radius 1 is 1.41 bits per heavy atom. The Morgan fingerprint density at radius 2 is 2.14 bits per heavy atom. The summed E-state index contributed by atoms with van der Waals surface area (Å²) >= 11 is 0. The van der Waals surface area contributed by atoms with E-state index in [0.29, 0.717) is 41.0 Å². The number of carbonyl (C=O) groups excluding carboxylic acids is 1. The van der Waals surface area contributed by atoms with Crippen LogP contribution in [0.15, 0.2) is 10.6 Å². The Bertz CT molecular complexity index is 767. The number of aromatic nitrogens is 2. The molecule has 1 aliphatic heterocycles. The third-order valence-corrected chi connectivity index (χ3v) is 4.31. The van der Waals surface area contributed by atoms with Gasteiger partial charge in [0.1, 0.15) is 0 Å². The fourth-order valence-corrected chi connectivity index (χ4v) is 3.10. The molecular formula is C15H17N3O4. The zero-order valence-corrected chi connectivity index (χ0v) is 12.7. The van der Waals surface area contributed by atoms with Crippen molar-refractivity contribution >= 4 is 23.0 Å². The van der Waals surface area contributed by atoms with Gasteiger partial charge in [-0.25, -0.2) is 4.98 Å². The summed E-state index contributed by atoms with van der Waals surface area (Å²) in [5.41, 5.74) is 2.07. The van der Waals surface area contributed by atoms with Crippen LogP contribution >= 0.6 is 0 Å². The molecule has 0 spiro atoms. The number of carbonyl (C=O) groups is 2. The number of nitrogens with zero attached hydrogens (tertiary/aromatic N) is 3. The Balaban J connectivity index is 2.03. The summed E-state index contributed by atoms with van der Waals surface area (Å²) in [5, 5.41) is 13.7. The first-order chi connectivity index (χ1) is 10.4. The molecule has 0 radical (unpaired) electrons. The third-order valence-electron chi connectivity index (χ3n) is 4.31. The molecule has 0 aromatic carbocycles. The lowest BCUT2D eigenvalue weighted by molar-refractivity contribution is -0.142. The van der Waals surface area contributed by atoms with Crippen LogP contribution in [-0.4, -0.2) is 44.6 Å². The number of pyridine rings is 1. The SMILES string of the molecule is Cc1cc(C(=O)N2CCC(C(=O)O)C2C)c2c(C)noc2n1. The summed E-state index contributed by atoms with van der Waals surface area (Å²) < 4.78 is 5.14. The Morgan fingerprint density at radius 3 is 2.77 bits per heavy atom. The number of rotatable bonds is 2. The number of aryl methyl sites for hydroxylation is 2. The van der Waals surface area contributed by atoms with E-state index in [1.165, 1.54) is 0 Å². The molecule has 0 saturated carbocycles. The molecule has 2 aromatic rings. The van der Waals surface area contributed by atoms with Gasteiger partial charge in [-0.2, -0.15) is 0 Å². The maximum Gasteiger partial charge on any atom is 0.308 e. The van der Waals surface area contributed by atoms with Gasteiger partial charge in [0.15, 0.2) is 0 Å². The summed E-state index contributed by atoms with van der Waals surface area (Å²) in [5.74, 6) is -1.58. The van der Waals surface area contributed by atoms with E-state index in [4.69, 9.17) is 4.52 Å². The minimum absolute atomic E-state index is 0.196. The second-order valence-corrected chi connectivity index (χ2v) is 5.73. The Kier molecular flexibility index (Phi) is 3.35. The lowest BCUT2D eigenvalue weighted by Gasteiger charge is -2.23. The maximum atomic E-state index is 12.9. The van der Waals surface area contributed by atoms with Gasteiger partial charge in [-0.15, -0.1) is 0 Å². The number of carboxylic acids is 1. The summed E-state index contributed by atoms with van der Waals surface area (Å²) in [7, 11) is 0. The van der Waals surface area contributed by atoms with Crippen molar-refractivity contribution < 1.29 is 19.2 Å². The van der Waals surface area contributed by atoms with Gasteiger partial charge in [0.05, 0.1) is 22.6 Å². The van der Waals surface area contributed by atoms with Gasteiger partial charge < -0.3 is 14.5 Å². The highest BCUT2D eigenvalue weighted by Crippen LogP contribution is 2.29. The molecule has 116 valence electrons. The fourth-order valence-electron chi connectivity index (χ4n) is 3.10. The van der Waals surface area contributed by atoms with Crippen LogP contribution in [0.1, 0.15) is 35.1 Å². The van der Waals surface area contributed by atoms with Gasteiger partial charge in [0, 0.05) is 18.3 Å². The highest BCUT2D eigenvalue weighted by Gasteiger charge is 2.39. The molecule has 7 nitrogen and oxygen atoms in total. The quantitative estimate of drug-likeness (QED) is 0.908. The molecule has 2 aromatic heterocycles. The van der Waals surface area contributed by atoms with E-state index in [9.17, 15) is 14.7 Å². The van der Waals surface area contributed by atoms with Crippen LogP contribution < -0.4 is 0 Å². The zero-order valence-electron chi connectivity index (χ0n) is 12.7. The average molecular weight is 303 g/mol. The lowest BCUT2D eigenvalue weighted by atomic mass is 10.0. The summed E-state index contributed by atoms with van der Waals surface area (Å²) in [6.45, 7) is 5.74. The normalized spacial score (nSPS) is 21.5. The van der Waals surface area contributed by atoms with E-state index >= 15 is 0 Å². The second-order valence-electron chi connectivity index (χ2n) is 5.73. The molecule has 0 bridgehead atoms. The predicted octanol–water partition coefficient (Wildman–Crippen LogP) is 1.77. The van der Waals surface area contributed by atoms with E-state index in [1.807, 2.05) is 0 Å². The Hall–Kier alpha value is -2.44. The van der Waals surface area contributed by atoms with Crippen molar-refractivity contribution in [1.29, 1.82) is 0 Å². The van der Waals surface area contributed by atoms with Gasteiger partial charge in [0.2, 0.25) is 0 Å². The third kappa shape index (κ3) is 2.13. The number of hydrogen-bond acceptors (Lipinski definition) is 5. The van der Waals surface area contributed by atoms with Crippen LogP contribution in [0.25, 0.3) is 11.1 Å². The molecular weight excluding hydrogens is 286 g/mol. The van der Waals surface area contributed by atoms with Crippen molar-refractivity contribution in [2.24, 2.45) is 5.92 Å². The molecule has 1 fully saturated rings. The van der Waals surface area contributed by atoms with Gasteiger partial charge in [-0.1, -0.05) is 5.16 Å². The molecule has 1 saturated heterocycles. The highest BCUT2D eigenvalue weighted by molar-refractivity contribution is 6.06. The molecule has 7 heteroatoms. The number of likely N-dealkylation sites (tertiary alicyclic amines) is 1. The number of fused-ring (bicyclic) bond motifs is 1. The first kappa shape index (κ1) is 14.5. The van der Waals surface area contributed by atoms with E-state index in [1.54, 1.807) is 31.7 Å². The van der Waals surface area contributed by atoms with Gasteiger partial charge >= 0.3 is 5.97 Å². The van der Waals surface area contributed by atoms with Gasteiger partial charge in [-0.3, -0.25) is 9.59 Å². The molecule has 22 heavy (non-hydrogen) atoms. The van der Waals surface area contributed by atoms with Crippen molar-refractivity contribution in [3.8, 4) is 0 Å². The van der Waals surface area contributed by atoms with Crippen LogP contribution in [-0.2, 0) is 4.79 Å². The average Bonchev–Trinajstić information content (AvgIpc) is 3.01. The first-order valence-corrected chi connectivity index (χ1v) is 7.17. The minimum Gasteiger partial charge on any atom is -0.481 e. The van der Waals surface area contributed by atoms with Gasteiger partial charge in [-0.05, 0) is 33.3 Å². The van der Waals surface area contributed by atoms with Crippen LogP contribution in [0.3, 0.4) is 0 Å². The fraction of sp³-hybridized carbons (Fsp3) is 0.467. The van der Waals surface area contributed by atoms with Crippen LogP contribution in [0, 0.1) is 19.8 Å². The van der Waals surface area contributed by atoms with Crippen molar-refractivity contribution in [2.75, 3.05) is 6.54 Å². The first-order valence-electron chi connectivity index (χ1n) is 7.17. The smallest absolute Gasteiger partial charge is 0.308 e. The van der Waals surface area contributed by atoms with E-state index in [2.05, 4.69) is 10.1 Å². The molecule has 1 aliphatic rings. The number of amides is 1. The van der Waals surface area contributed by atoms with Gasteiger partial charge in [0.25, 0.3) is 11.6 Å². The summed E-state index contributed by atoms with van der Waals surface area (Å²) in [6.07, 6.45) is 0.470. The van der Waals surface area contributed by atoms with Crippen LogP contribution in [0.4, 0.5) is 0 Å². The van der Waals surface area contributed by atoms with Crippen molar-refractivity contribution in [1.82, 2.24) is 15.0 Å². The van der Waals surface area contributed by atoms with E-state index < -0.39 is 11.9 Å². The molecule has 1 amide bonds. The molecule has 3 rings (SSSR count). The number of carboxylic acid groups (broad SMARTS) is 1. The predicted molar refractivity (Wildman–Crippen MR) is 77.5 cm³/mol. The number of hydrogen-bond donors (Lipinski definition) is 1. The van der Waals surface area contributed by atoms with Crippen molar-refractivity contribution in [2.45, 2.75) is 33.2 Å². The largest absolute Gasteiger partial charge is 0.481 e. The summed E-state index contributed by atoms with van der Waals surface area (Å²) in [4.78, 5) is 29.9. The highest BCUT2D eigenvalue weighted by atomic mass is 16.5. The molecule has 2 unspecified atom stereocenters. The number of aliphatic carboxylic acids is 1. The molecule has 0 aliphatic carbocycles. The molecule has 3 heterocycles. The lowest BCUT2D eigenvalue weighted by Crippen LogP contribution is -2.37. The maximum absolute atomic E-state index is 12.9. The van der Waals surface area contributed by atoms with E-state index in [-0.39, 0.29) is 11.9 Å². The van der Waals surface area contributed by atoms with Crippen LogP contribution in [0.5, 0.6) is 0 Å². The second kappa shape index (κ2) is 5.08. The zero-order chi connectivity index (χ0) is 16.0. The topological polar surface area (TPSA) is 96.5 Å². The standard InChI is InChI=1S/C15H17N3O4/c1-7-6-11(12-8(2)17-22-13(12)16-7)14(19)18-5-4-10(9(18)3)15(20)21/h6,9-10H,4-5H2,1-3H3,(H,20,21). The minimum atomic E-state index is -0.861. The summed E-state index contributed by atoms with van der Waals surface area (Å²) in [6, 6.07) is 1.36. The van der Waals surface area contributed by atoms with Crippen molar-refractivity contribution in [3.63, 3.8) is 0 Å². The Labute approximate surface area is 126 Å². The molecule has 1 N–H and O–H groups in total. The monoisotopic (exact) mass is 303 g/mol.